The number of carbonyl (C=O) groups excluding carboxylic acids is 1. The van der Waals surface area contributed by atoms with Gasteiger partial charge in [-0.05, 0) is 44.3 Å². The molecule has 1 aliphatic heterocycles. The van der Waals surface area contributed by atoms with E-state index in [1.165, 1.54) is 0 Å². The molecule has 0 saturated carbocycles. The van der Waals surface area contributed by atoms with Gasteiger partial charge in [0.15, 0.2) is 6.10 Å². The highest BCUT2D eigenvalue weighted by atomic mass is 19.4. The van der Waals surface area contributed by atoms with Crippen LogP contribution in [0.1, 0.15) is 31.4 Å². The molecule has 7 heteroatoms. The summed E-state index contributed by atoms with van der Waals surface area (Å²) in [6.45, 7) is 2.81. The average molecular weight is 344 g/mol. The Balaban J connectivity index is 1.76. The fourth-order valence-corrected chi connectivity index (χ4v) is 3.01. The SMILES string of the molecule is CC(NC(=O)CN1CCC(C(O)C(F)(F)F)CC1)c1ccccc1. The van der Waals surface area contributed by atoms with Gasteiger partial charge in [-0.3, -0.25) is 9.69 Å². The van der Waals surface area contributed by atoms with Gasteiger partial charge in [-0.2, -0.15) is 13.2 Å². The number of hydrogen-bond donors (Lipinski definition) is 2. The minimum absolute atomic E-state index is 0.122. The zero-order valence-electron chi connectivity index (χ0n) is 13.6. The van der Waals surface area contributed by atoms with Crippen molar-refractivity contribution in [3.8, 4) is 0 Å². The maximum atomic E-state index is 12.5. The Morgan fingerprint density at radius 1 is 1.29 bits per heavy atom. The number of aliphatic hydroxyl groups excluding tert-OH is 1. The van der Waals surface area contributed by atoms with Crippen molar-refractivity contribution >= 4 is 5.91 Å². The molecule has 1 fully saturated rings. The number of benzene rings is 1. The fourth-order valence-electron chi connectivity index (χ4n) is 3.01. The van der Waals surface area contributed by atoms with E-state index < -0.39 is 18.2 Å². The third kappa shape index (κ3) is 5.21. The van der Waals surface area contributed by atoms with Crippen molar-refractivity contribution in [1.29, 1.82) is 0 Å². The lowest BCUT2D eigenvalue weighted by atomic mass is 9.91. The molecule has 0 radical (unpaired) electrons. The Kier molecular flexibility index (Phi) is 6.23. The number of alkyl halides is 3. The molecular formula is C17H23F3N2O2. The Bertz CT molecular complexity index is 528. The van der Waals surface area contributed by atoms with Gasteiger partial charge in [0.05, 0.1) is 12.6 Å². The third-order valence-corrected chi connectivity index (χ3v) is 4.46. The predicted molar refractivity (Wildman–Crippen MR) is 84.2 cm³/mol. The van der Waals surface area contributed by atoms with Crippen molar-refractivity contribution in [3.05, 3.63) is 35.9 Å². The Morgan fingerprint density at radius 3 is 2.42 bits per heavy atom. The molecule has 0 spiro atoms. The first-order valence-corrected chi connectivity index (χ1v) is 8.09. The quantitative estimate of drug-likeness (QED) is 0.863. The first-order valence-electron chi connectivity index (χ1n) is 8.09. The van der Waals surface area contributed by atoms with Crippen molar-refractivity contribution < 1.29 is 23.1 Å². The summed E-state index contributed by atoms with van der Waals surface area (Å²) >= 11 is 0. The Hall–Kier alpha value is -1.60. The number of rotatable bonds is 5. The molecule has 2 unspecified atom stereocenters. The monoisotopic (exact) mass is 344 g/mol. The Morgan fingerprint density at radius 2 is 1.88 bits per heavy atom. The second-order valence-electron chi connectivity index (χ2n) is 6.30. The maximum absolute atomic E-state index is 12.5. The van der Waals surface area contributed by atoms with Gasteiger partial charge in [0, 0.05) is 0 Å². The van der Waals surface area contributed by atoms with E-state index in [0.717, 1.165) is 5.56 Å². The van der Waals surface area contributed by atoms with E-state index in [4.69, 9.17) is 0 Å². The van der Waals surface area contributed by atoms with Gasteiger partial charge in [-0.15, -0.1) is 0 Å². The van der Waals surface area contributed by atoms with Gasteiger partial charge >= 0.3 is 6.18 Å². The van der Waals surface area contributed by atoms with E-state index in [-0.39, 0.29) is 31.3 Å². The van der Waals surface area contributed by atoms with E-state index in [2.05, 4.69) is 5.32 Å². The molecular weight excluding hydrogens is 321 g/mol. The van der Waals surface area contributed by atoms with Crippen LogP contribution in [0.5, 0.6) is 0 Å². The predicted octanol–water partition coefficient (Wildman–Crippen LogP) is 2.50. The van der Waals surface area contributed by atoms with Crippen LogP contribution in [0.25, 0.3) is 0 Å². The average Bonchev–Trinajstić information content (AvgIpc) is 2.54. The number of nitrogens with zero attached hydrogens (tertiary/aromatic N) is 1. The third-order valence-electron chi connectivity index (χ3n) is 4.46. The largest absolute Gasteiger partial charge is 0.414 e. The van der Waals surface area contributed by atoms with E-state index in [1.54, 1.807) is 0 Å². The molecule has 24 heavy (non-hydrogen) atoms. The molecule has 0 aliphatic carbocycles. The summed E-state index contributed by atoms with van der Waals surface area (Å²) in [4.78, 5) is 13.9. The summed E-state index contributed by atoms with van der Waals surface area (Å²) in [5, 5.41) is 12.2. The van der Waals surface area contributed by atoms with Crippen LogP contribution in [0.4, 0.5) is 13.2 Å². The minimum Gasteiger partial charge on any atom is -0.383 e. The van der Waals surface area contributed by atoms with Crippen molar-refractivity contribution in [2.24, 2.45) is 5.92 Å². The highest BCUT2D eigenvalue weighted by Crippen LogP contribution is 2.31. The number of likely N-dealkylation sites (tertiary alicyclic amines) is 1. The molecule has 0 aromatic heterocycles. The molecule has 1 amide bonds. The zero-order chi connectivity index (χ0) is 17.7. The first kappa shape index (κ1) is 18.7. The molecule has 2 rings (SSSR count). The van der Waals surface area contributed by atoms with Crippen LogP contribution in [0.15, 0.2) is 30.3 Å². The second-order valence-corrected chi connectivity index (χ2v) is 6.30. The smallest absolute Gasteiger partial charge is 0.383 e. The number of aliphatic hydroxyl groups is 1. The van der Waals surface area contributed by atoms with Gasteiger partial charge in [0.1, 0.15) is 0 Å². The molecule has 4 nitrogen and oxygen atoms in total. The van der Waals surface area contributed by atoms with Crippen LogP contribution in [0, 0.1) is 5.92 Å². The molecule has 2 atom stereocenters. The van der Waals surface area contributed by atoms with Crippen LogP contribution < -0.4 is 5.32 Å². The molecule has 0 bridgehead atoms. The number of piperidine rings is 1. The zero-order valence-corrected chi connectivity index (χ0v) is 13.6. The lowest BCUT2D eigenvalue weighted by Gasteiger charge is -2.34. The molecule has 134 valence electrons. The lowest BCUT2D eigenvalue weighted by Crippen LogP contribution is -2.46. The van der Waals surface area contributed by atoms with Gasteiger partial charge in [0.2, 0.25) is 5.91 Å². The molecule has 1 aliphatic rings. The summed E-state index contributed by atoms with van der Waals surface area (Å²) in [5.74, 6) is -0.936. The van der Waals surface area contributed by atoms with Crippen LogP contribution in [0.2, 0.25) is 0 Å². The number of halogens is 3. The van der Waals surface area contributed by atoms with Crippen LogP contribution >= 0.6 is 0 Å². The summed E-state index contributed by atoms with van der Waals surface area (Å²) in [6, 6.07) is 9.42. The Labute approximate surface area is 139 Å². The summed E-state index contributed by atoms with van der Waals surface area (Å²) < 4.78 is 37.6. The maximum Gasteiger partial charge on any atom is 0.414 e. The molecule has 1 aromatic rings. The number of carbonyl (C=O) groups is 1. The van der Waals surface area contributed by atoms with Gasteiger partial charge in [-0.1, -0.05) is 30.3 Å². The van der Waals surface area contributed by atoms with E-state index in [9.17, 15) is 23.1 Å². The summed E-state index contributed by atoms with van der Waals surface area (Å²) in [6.07, 6.45) is -6.37. The van der Waals surface area contributed by atoms with E-state index in [1.807, 2.05) is 42.2 Å². The van der Waals surface area contributed by atoms with Crippen molar-refractivity contribution in [2.75, 3.05) is 19.6 Å². The first-order chi connectivity index (χ1) is 11.3. The van der Waals surface area contributed by atoms with E-state index in [0.29, 0.717) is 13.1 Å². The van der Waals surface area contributed by atoms with Crippen LogP contribution in [-0.2, 0) is 4.79 Å². The highest BCUT2D eigenvalue weighted by molar-refractivity contribution is 5.78. The van der Waals surface area contributed by atoms with E-state index >= 15 is 0 Å². The molecule has 2 N–H and O–H groups in total. The summed E-state index contributed by atoms with van der Waals surface area (Å²) in [7, 11) is 0. The van der Waals surface area contributed by atoms with Crippen LogP contribution in [-0.4, -0.2) is 47.8 Å². The van der Waals surface area contributed by atoms with Crippen molar-refractivity contribution in [1.82, 2.24) is 10.2 Å². The molecule has 1 saturated heterocycles. The minimum atomic E-state index is -4.57. The van der Waals surface area contributed by atoms with Gasteiger partial charge < -0.3 is 10.4 Å². The molecule has 1 aromatic carbocycles. The second kappa shape index (κ2) is 7.98. The topological polar surface area (TPSA) is 52.6 Å². The van der Waals surface area contributed by atoms with Crippen LogP contribution in [0.3, 0.4) is 0 Å². The fraction of sp³-hybridized carbons (Fsp3) is 0.588. The van der Waals surface area contributed by atoms with Crippen molar-refractivity contribution in [2.45, 2.75) is 38.1 Å². The number of hydrogen-bond acceptors (Lipinski definition) is 3. The lowest BCUT2D eigenvalue weighted by molar-refractivity contribution is -0.223. The number of nitrogens with one attached hydrogen (secondary N) is 1. The summed E-state index contributed by atoms with van der Waals surface area (Å²) in [5.41, 5.74) is 0.998. The standard InChI is InChI=1S/C17H23F3N2O2/c1-12(13-5-3-2-4-6-13)21-15(23)11-22-9-7-14(8-10-22)16(24)17(18,19)20/h2-6,12,14,16,24H,7-11H2,1H3,(H,21,23). The van der Waals surface area contributed by atoms with Gasteiger partial charge in [-0.25, -0.2) is 0 Å². The normalized spacial score (nSPS) is 19.7. The van der Waals surface area contributed by atoms with Crippen molar-refractivity contribution in [3.63, 3.8) is 0 Å². The highest BCUT2D eigenvalue weighted by Gasteiger charge is 2.44. The number of amides is 1. The van der Waals surface area contributed by atoms with Gasteiger partial charge in [0.25, 0.3) is 0 Å². The molecule has 1 heterocycles.